The topological polar surface area (TPSA) is 85.6 Å². The van der Waals surface area contributed by atoms with E-state index in [-0.39, 0.29) is 19.1 Å². The van der Waals surface area contributed by atoms with Crippen LogP contribution in [-0.4, -0.2) is 39.6 Å². The minimum atomic E-state index is -0.464. The van der Waals surface area contributed by atoms with Gasteiger partial charge in [-0.25, -0.2) is 9.50 Å². The molecule has 3 rings (SSSR count). The van der Waals surface area contributed by atoms with Crippen molar-refractivity contribution in [3.05, 3.63) is 65.1 Å². The van der Waals surface area contributed by atoms with Gasteiger partial charge in [-0.1, -0.05) is 43.7 Å². The number of aromatic nitrogens is 3. The van der Waals surface area contributed by atoms with Crippen molar-refractivity contribution in [1.82, 2.24) is 19.9 Å². The number of amides is 1. The van der Waals surface area contributed by atoms with Crippen molar-refractivity contribution in [1.29, 1.82) is 0 Å². The molecule has 30 heavy (non-hydrogen) atoms. The van der Waals surface area contributed by atoms with Gasteiger partial charge in [-0.3, -0.25) is 9.59 Å². The fourth-order valence-corrected chi connectivity index (χ4v) is 3.46. The number of rotatable bonds is 10. The number of benzene rings is 1. The molecule has 0 aliphatic rings. The van der Waals surface area contributed by atoms with Crippen LogP contribution in [0.3, 0.4) is 0 Å². The summed E-state index contributed by atoms with van der Waals surface area (Å²) in [5.41, 5.74) is 4.13. The Kier molecular flexibility index (Phi) is 7.54. The van der Waals surface area contributed by atoms with Crippen molar-refractivity contribution in [2.75, 3.05) is 13.2 Å². The normalized spacial score (nSPS) is 10.9. The Morgan fingerprint density at radius 2 is 1.90 bits per heavy atom. The van der Waals surface area contributed by atoms with Crippen molar-refractivity contribution >= 4 is 17.5 Å². The van der Waals surface area contributed by atoms with Gasteiger partial charge in [0.15, 0.2) is 5.65 Å². The Bertz CT molecular complexity index is 998. The largest absolute Gasteiger partial charge is 0.465 e. The van der Waals surface area contributed by atoms with Crippen LogP contribution in [0.2, 0.25) is 0 Å². The van der Waals surface area contributed by atoms with E-state index >= 15 is 0 Å². The first-order chi connectivity index (χ1) is 14.6. The first kappa shape index (κ1) is 21.5. The van der Waals surface area contributed by atoms with Crippen LogP contribution in [0.25, 0.3) is 5.65 Å². The number of fused-ring (bicyclic) bond motifs is 1. The molecule has 7 heteroatoms. The summed E-state index contributed by atoms with van der Waals surface area (Å²) in [4.78, 5) is 29.1. The smallest absolute Gasteiger partial charge is 0.325 e. The molecule has 0 unspecified atom stereocenters. The summed E-state index contributed by atoms with van der Waals surface area (Å²) in [6.07, 6.45) is 5.91. The zero-order chi connectivity index (χ0) is 21.3. The third-order valence-corrected chi connectivity index (χ3v) is 4.94. The molecule has 7 nitrogen and oxygen atoms in total. The van der Waals surface area contributed by atoms with Crippen molar-refractivity contribution in [3.8, 4) is 0 Å². The highest BCUT2D eigenvalue weighted by Crippen LogP contribution is 2.21. The van der Waals surface area contributed by atoms with Gasteiger partial charge in [0, 0.05) is 5.69 Å². The molecule has 158 valence electrons. The SMILES string of the molecule is CCCCc1cc(CCc2ccccc2)c(C(=O)NCC(=O)OCC)c2ncnn12. The minimum Gasteiger partial charge on any atom is -0.465 e. The van der Waals surface area contributed by atoms with Gasteiger partial charge in [0.1, 0.15) is 12.9 Å². The van der Waals surface area contributed by atoms with E-state index in [0.717, 1.165) is 36.9 Å². The fraction of sp³-hybridized carbons (Fsp3) is 0.391. The van der Waals surface area contributed by atoms with E-state index in [4.69, 9.17) is 4.74 Å². The maximum atomic E-state index is 13.0. The Morgan fingerprint density at radius 3 is 2.63 bits per heavy atom. The summed E-state index contributed by atoms with van der Waals surface area (Å²) in [6, 6.07) is 12.2. The summed E-state index contributed by atoms with van der Waals surface area (Å²) in [5, 5.41) is 7.00. The molecule has 0 saturated carbocycles. The molecule has 0 saturated heterocycles. The Balaban J connectivity index is 1.94. The zero-order valence-electron chi connectivity index (χ0n) is 17.6. The lowest BCUT2D eigenvalue weighted by atomic mass is 9.98. The fourth-order valence-electron chi connectivity index (χ4n) is 3.46. The number of hydrogen-bond acceptors (Lipinski definition) is 5. The van der Waals surface area contributed by atoms with Crippen LogP contribution in [0.5, 0.6) is 0 Å². The molecule has 0 aliphatic heterocycles. The van der Waals surface area contributed by atoms with E-state index in [0.29, 0.717) is 17.6 Å². The standard InChI is InChI=1S/C23H28N4O3/c1-3-5-11-19-14-18(13-12-17-9-7-6-8-10-17)21(22-25-16-26-27(19)22)23(29)24-15-20(28)30-4-2/h6-10,14,16H,3-5,11-13,15H2,1-2H3,(H,24,29). The molecule has 1 N–H and O–H groups in total. The van der Waals surface area contributed by atoms with E-state index in [1.54, 1.807) is 11.4 Å². The summed E-state index contributed by atoms with van der Waals surface area (Å²) in [6.45, 7) is 3.97. The number of nitrogens with zero attached hydrogens (tertiary/aromatic N) is 3. The molecule has 1 aromatic carbocycles. The molecule has 0 radical (unpaired) electrons. The second-order valence-corrected chi connectivity index (χ2v) is 7.11. The van der Waals surface area contributed by atoms with Gasteiger partial charge in [-0.2, -0.15) is 5.10 Å². The molecular weight excluding hydrogens is 380 g/mol. The predicted molar refractivity (Wildman–Crippen MR) is 114 cm³/mol. The Morgan fingerprint density at radius 1 is 1.10 bits per heavy atom. The van der Waals surface area contributed by atoms with Crippen molar-refractivity contribution in [2.45, 2.75) is 46.0 Å². The minimum absolute atomic E-state index is 0.178. The van der Waals surface area contributed by atoms with Crippen molar-refractivity contribution < 1.29 is 14.3 Å². The van der Waals surface area contributed by atoms with E-state index in [2.05, 4.69) is 40.5 Å². The quantitative estimate of drug-likeness (QED) is 0.521. The third kappa shape index (κ3) is 5.23. The zero-order valence-corrected chi connectivity index (χ0v) is 17.6. The van der Waals surface area contributed by atoms with E-state index in [1.165, 1.54) is 11.9 Å². The van der Waals surface area contributed by atoms with Gasteiger partial charge in [-0.05, 0) is 49.8 Å². The third-order valence-electron chi connectivity index (χ3n) is 4.94. The lowest BCUT2D eigenvalue weighted by molar-refractivity contribution is -0.141. The van der Waals surface area contributed by atoms with Crippen LogP contribution in [0, 0.1) is 0 Å². The highest BCUT2D eigenvalue weighted by molar-refractivity contribution is 6.02. The molecule has 0 atom stereocenters. The van der Waals surface area contributed by atoms with E-state index in [9.17, 15) is 9.59 Å². The maximum absolute atomic E-state index is 13.0. The lowest BCUT2D eigenvalue weighted by Gasteiger charge is -2.14. The molecule has 3 aromatic rings. The Hall–Kier alpha value is -3.22. The number of carbonyl (C=O) groups excluding carboxylic acids is 2. The average molecular weight is 409 g/mol. The summed E-state index contributed by atoms with van der Waals surface area (Å²) in [7, 11) is 0. The highest BCUT2D eigenvalue weighted by Gasteiger charge is 2.21. The van der Waals surface area contributed by atoms with Crippen molar-refractivity contribution in [2.24, 2.45) is 0 Å². The predicted octanol–water partition coefficient (Wildman–Crippen LogP) is 3.15. The van der Waals surface area contributed by atoms with Gasteiger partial charge in [-0.15, -0.1) is 0 Å². The number of pyridine rings is 1. The molecule has 0 aliphatic carbocycles. The molecule has 0 bridgehead atoms. The van der Waals surface area contributed by atoms with Gasteiger partial charge >= 0.3 is 5.97 Å². The average Bonchev–Trinajstić information content (AvgIpc) is 3.25. The summed E-state index contributed by atoms with van der Waals surface area (Å²) in [5.74, 6) is -0.806. The van der Waals surface area contributed by atoms with E-state index < -0.39 is 5.97 Å². The number of carbonyl (C=O) groups is 2. The second-order valence-electron chi connectivity index (χ2n) is 7.11. The van der Waals surface area contributed by atoms with Crippen LogP contribution >= 0.6 is 0 Å². The number of esters is 1. The van der Waals surface area contributed by atoms with Gasteiger partial charge in [0.25, 0.3) is 5.91 Å². The number of unbranched alkanes of at least 4 members (excludes halogenated alkanes) is 1. The highest BCUT2D eigenvalue weighted by atomic mass is 16.5. The van der Waals surface area contributed by atoms with Crippen LogP contribution < -0.4 is 5.32 Å². The molecule has 0 spiro atoms. The van der Waals surface area contributed by atoms with E-state index in [1.807, 2.05) is 18.2 Å². The lowest BCUT2D eigenvalue weighted by Crippen LogP contribution is -2.32. The number of nitrogens with one attached hydrogen (secondary N) is 1. The van der Waals surface area contributed by atoms with Crippen LogP contribution in [-0.2, 0) is 28.8 Å². The van der Waals surface area contributed by atoms with Gasteiger partial charge in [0.05, 0.1) is 12.2 Å². The second kappa shape index (κ2) is 10.5. The first-order valence-corrected chi connectivity index (χ1v) is 10.5. The maximum Gasteiger partial charge on any atom is 0.325 e. The molecule has 0 fully saturated rings. The number of ether oxygens (including phenoxy) is 1. The van der Waals surface area contributed by atoms with Crippen LogP contribution in [0.15, 0.2) is 42.7 Å². The van der Waals surface area contributed by atoms with Gasteiger partial charge < -0.3 is 10.1 Å². The summed E-state index contributed by atoms with van der Waals surface area (Å²) >= 11 is 0. The molecular formula is C23H28N4O3. The number of hydrogen-bond donors (Lipinski definition) is 1. The van der Waals surface area contributed by atoms with Crippen LogP contribution in [0.1, 0.15) is 53.9 Å². The first-order valence-electron chi connectivity index (χ1n) is 10.5. The number of aryl methyl sites for hydroxylation is 3. The van der Waals surface area contributed by atoms with Crippen molar-refractivity contribution in [3.63, 3.8) is 0 Å². The molecule has 2 aromatic heterocycles. The van der Waals surface area contributed by atoms with Gasteiger partial charge in [0.2, 0.25) is 0 Å². The monoisotopic (exact) mass is 408 g/mol. The Labute approximate surface area is 176 Å². The van der Waals surface area contributed by atoms with Crippen LogP contribution in [0.4, 0.5) is 0 Å². The summed E-state index contributed by atoms with van der Waals surface area (Å²) < 4.78 is 6.65. The molecule has 2 heterocycles. The molecule has 1 amide bonds.